The van der Waals surface area contributed by atoms with Gasteiger partial charge < -0.3 is 4.90 Å². The molecule has 1 amide bonds. The molecule has 8 heteroatoms. The van der Waals surface area contributed by atoms with Crippen LogP contribution in [0.2, 0.25) is 0 Å². The Morgan fingerprint density at radius 3 is 2.78 bits per heavy atom. The summed E-state index contributed by atoms with van der Waals surface area (Å²) >= 11 is 1.06. The van der Waals surface area contributed by atoms with Gasteiger partial charge in [0.05, 0.1) is 17.8 Å². The van der Waals surface area contributed by atoms with Crippen molar-refractivity contribution in [1.29, 1.82) is 0 Å². The number of rotatable bonds is 5. The van der Waals surface area contributed by atoms with E-state index in [-0.39, 0.29) is 16.7 Å². The second-order valence-electron chi connectivity index (χ2n) is 5.30. The summed E-state index contributed by atoms with van der Waals surface area (Å²) in [7, 11) is -3.64. The molecule has 23 heavy (non-hydrogen) atoms. The lowest BCUT2D eigenvalue weighted by molar-refractivity contribution is 0.0793. The predicted molar refractivity (Wildman–Crippen MR) is 87.7 cm³/mol. The lowest BCUT2D eigenvalue weighted by atomic mass is 10.3. The molecule has 0 aliphatic carbocycles. The molecule has 0 unspecified atom stereocenters. The van der Waals surface area contributed by atoms with Gasteiger partial charge in [0.2, 0.25) is 10.0 Å². The van der Waals surface area contributed by atoms with Crippen LogP contribution in [-0.4, -0.2) is 37.3 Å². The first-order chi connectivity index (χ1) is 11.1. The molecule has 3 rings (SSSR count). The Balaban J connectivity index is 1.69. The molecule has 3 heterocycles. The van der Waals surface area contributed by atoms with Gasteiger partial charge in [0, 0.05) is 24.7 Å². The van der Waals surface area contributed by atoms with Gasteiger partial charge in [-0.15, -0.1) is 11.3 Å². The highest BCUT2D eigenvalue weighted by molar-refractivity contribution is 7.91. The molecule has 0 radical (unpaired) electrons. The number of aromatic nitrogens is 1. The van der Waals surface area contributed by atoms with Crippen LogP contribution in [0.25, 0.3) is 0 Å². The summed E-state index contributed by atoms with van der Waals surface area (Å²) in [6, 6.07) is 6.77. The van der Waals surface area contributed by atoms with Crippen LogP contribution in [0.5, 0.6) is 0 Å². The summed E-state index contributed by atoms with van der Waals surface area (Å²) < 4.78 is 27.3. The van der Waals surface area contributed by atoms with E-state index in [4.69, 9.17) is 0 Å². The number of hydrogen-bond acceptors (Lipinski definition) is 5. The molecule has 1 aliphatic heterocycles. The van der Waals surface area contributed by atoms with Crippen molar-refractivity contribution >= 4 is 27.3 Å². The van der Waals surface area contributed by atoms with Crippen molar-refractivity contribution in [2.75, 3.05) is 13.1 Å². The number of thiophene rings is 1. The van der Waals surface area contributed by atoms with Crippen LogP contribution in [0.3, 0.4) is 0 Å². The zero-order valence-electron chi connectivity index (χ0n) is 12.4. The topological polar surface area (TPSA) is 79.4 Å². The molecule has 1 N–H and O–H groups in total. The molecule has 2 aromatic heterocycles. The van der Waals surface area contributed by atoms with Crippen molar-refractivity contribution in [2.24, 2.45) is 0 Å². The van der Waals surface area contributed by atoms with Crippen LogP contribution in [0, 0.1) is 0 Å². The summed E-state index contributed by atoms with van der Waals surface area (Å²) in [6.07, 6.45) is 3.63. The molecule has 122 valence electrons. The van der Waals surface area contributed by atoms with Gasteiger partial charge >= 0.3 is 0 Å². The Morgan fingerprint density at radius 1 is 1.30 bits per heavy atom. The third kappa shape index (κ3) is 3.77. The first-order valence-electron chi connectivity index (χ1n) is 7.34. The minimum Gasteiger partial charge on any atom is -0.339 e. The first kappa shape index (κ1) is 16.1. The molecule has 1 fully saturated rings. The van der Waals surface area contributed by atoms with E-state index in [9.17, 15) is 13.2 Å². The fourth-order valence-electron chi connectivity index (χ4n) is 2.42. The Labute approximate surface area is 139 Å². The van der Waals surface area contributed by atoms with Crippen LogP contribution in [0.1, 0.15) is 28.9 Å². The minimum absolute atomic E-state index is 0.0927. The maximum Gasteiger partial charge on any atom is 0.254 e. The fraction of sp³-hybridized carbons (Fsp3) is 0.333. The average molecular weight is 351 g/mol. The van der Waals surface area contributed by atoms with E-state index < -0.39 is 10.0 Å². The van der Waals surface area contributed by atoms with Gasteiger partial charge in [-0.2, -0.15) is 0 Å². The lowest BCUT2D eigenvalue weighted by Gasteiger charge is -2.13. The van der Waals surface area contributed by atoms with E-state index >= 15 is 0 Å². The standard InChI is InChI=1S/C15H17N3O3S2/c19-15(18-7-3-4-8-18)12-9-14(22-11-12)23(20,21)17-10-13-5-1-2-6-16-13/h1-2,5-6,9,11,17H,3-4,7-8,10H2. The lowest BCUT2D eigenvalue weighted by Crippen LogP contribution is -2.27. The second-order valence-corrected chi connectivity index (χ2v) is 8.20. The Morgan fingerprint density at radius 2 is 2.09 bits per heavy atom. The number of nitrogens with one attached hydrogen (secondary N) is 1. The summed E-state index contributed by atoms with van der Waals surface area (Å²) in [6.45, 7) is 1.61. The zero-order valence-corrected chi connectivity index (χ0v) is 14.1. The fourth-order valence-corrected chi connectivity index (χ4v) is 4.61. The quantitative estimate of drug-likeness (QED) is 0.892. The third-order valence-electron chi connectivity index (χ3n) is 3.65. The minimum atomic E-state index is -3.64. The summed E-state index contributed by atoms with van der Waals surface area (Å²) in [5, 5.41) is 1.61. The Hall–Kier alpha value is -1.77. The molecule has 0 atom stereocenters. The van der Waals surface area contributed by atoms with E-state index in [1.807, 2.05) is 0 Å². The molecular weight excluding hydrogens is 334 g/mol. The first-order valence-corrected chi connectivity index (χ1v) is 9.70. The van der Waals surface area contributed by atoms with Crippen LogP contribution in [0.15, 0.2) is 40.1 Å². The number of pyridine rings is 1. The summed E-state index contributed by atoms with van der Waals surface area (Å²) in [5.74, 6) is -0.0927. The van der Waals surface area contributed by atoms with E-state index in [1.54, 1.807) is 34.7 Å². The molecule has 2 aromatic rings. The summed E-state index contributed by atoms with van der Waals surface area (Å²) in [4.78, 5) is 18.1. The number of carbonyl (C=O) groups is 1. The van der Waals surface area contributed by atoms with Gasteiger partial charge in [0.25, 0.3) is 5.91 Å². The van der Waals surface area contributed by atoms with Crippen molar-refractivity contribution in [1.82, 2.24) is 14.6 Å². The molecule has 0 aromatic carbocycles. The van der Waals surface area contributed by atoms with Crippen LogP contribution in [-0.2, 0) is 16.6 Å². The number of amides is 1. The van der Waals surface area contributed by atoms with Gasteiger partial charge in [0.15, 0.2) is 0 Å². The van der Waals surface area contributed by atoms with Crippen LogP contribution in [0.4, 0.5) is 0 Å². The predicted octanol–water partition coefficient (Wildman–Crippen LogP) is 1.86. The van der Waals surface area contributed by atoms with Gasteiger partial charge in [-0.3, -0.25) is 9.78 Å². The van der Waals surface area contributed by atoms with E-state index in [0.29, 0.717) is 11.3 Å². The van der Waals surface area contributed by atoms with Crippen molar-refractivity contribution in [3.05, 3.63) is 47.1 Å². The largest absolute Gasteiger partial charge is 0.339 e. The van der Waals surface area contributed by atoms with Crippen molar-refractivity contribution in [3.8, 4) is 0 Å². The van der Waals surface area contributed by atoms with Crippen LogP contribution < -0.4 is 4.72 Å². The normalized spacial score (nSPS) is 15.0. The molecule has 6 nitrogen and oxygen atoms in total. The summed E-state index contributed by atoms with van der Waals surface area (Å²) in [5.41, 5.74) is 1.08. The smallest absolute Gasteiger partial charge is 0.254 e. The molecule has 1 saturated heterocycles. The molecule has 0 spiro atoms. The highest BCUT2D eigenvalue weighted by Gasteiger charge is 2.23. The Kier molecular flexibility index (Phi) is 4.74. The maximum atomic E-state index is 12.3. The third-order valence-corrected chi connectivity index (χ3v) is 6.49. The van der Waals surface area contributed by atoms with E-state index in [0.717, 1.165) is 37.3 Å². The Bertz CT molecular complexity index is 781. The SMILES string of the molecule is O=C(c1csc(S(=O)(=O)NCc2ccccn2)c1)N1CCCC1. The maximum absolute atomic E-state index is 12.3. The van der Waals surface area contributed by atoms with Gasteiger partial charge in [-0.25, -0.2) is 13.1 Å². The van der Waals surface area contributed by atoms with E-state index in [2.05, 4.69) is 9.71 Å². The zero-order chi connectivity index (χ0) is 16.3. The van der Waals surface area contributed by atoms with Gasteiger partial charge in [-0.05, 0) is 31.0 Å². The molecular formula is C15H17N3O3S2. The molecule has 0 bridgehead atoms. The van der Waals surface area contributed by atoms with Crippen LogP contribution >= 0.6 is 11.3 Å². The van der Waals surface area contributed by atoms with Gasteiger partial charge in [0.1, 0.15) is 4.21 Å². The second kappa shape index (κ2) is 6.77. The number of carbonyl (C=O) groups excluding carboxylic acids is 1. The van der Waals surface area contributed by atoms with Crippen molar-refractivity contribution < 1.29 is 13.2 Å². The number of likely N-dealkylation sites (tertiary alicyclic amines) is 1. The van der Waals surface area contributed by atoms with E-state index in [1.165, 1.54) is 6.07 Å². The number of hydrogen-bond donors (Lipinski definition) is 1. The highest BCUT2D eigenvalue weighted by Crippen LogP contribution is 2.22. The number of sulfonamides is 1. The average Bonchev–Trinajstić information content (AvgIpc) is 3.25. The molecule has 0 saturated carbocycles. The van der Waals surface area contributed by atoms with Gasteiger partial charge in [-0.1, -0.05) is 6.07 Å². The number of nitrogens with zero attached hydrogens (tertiary/aromatic N) is 2. The monoisotopic (exact) mass is 351 g/mol. The van der Waals surface area contributed by atoms with Crippen molar-refractivity contribution in [3.63, 3.8) is 0 Å². The highest BCUT2D eigenvalue weighted by atomic mass is 32.2. The van der Waals surface area contributed by atoms with Crippen molar-refractivity contribution in [2.45, 2.75) is 23.6 Å². The molecule has 1 aliphatic rings.